The van der Waals surface area contributed by atoms with Gasteiger partial charge in [0.25, 0.3) is 5.91 Å². The second kappa shape index (κ2) is 8.49. The summed E-state index contributed by atoms with van der Waals surface area (Å²) >= 11 is 12.1. The molecule has 0 aliphatic carbocycles. The van der Waals surface area contributed by atoms with Gasteiger partial charge in [0.2, 0.25) is 0 Å². The molecule has 1 aromatic heterocycles. The fraction of sp³-hybridized carbons (Fsp3) is 0.130. The Morgan fingerprint density at radius 1 is 1.00 bits per heavy atom. The molecule has 31 heavy (non-hydrogen) atoms. The summed E-state index contributed by atoms with van der Waals surface area (Å²) in [5.74, 6) is 0.280. The van der Waals surface area contributed by atoms with E-state index in [2.05, 4.69) is 15.2 Å². The summed E-state index contributed by atoms with van der Waals surface area (Å²) in [6.07, 6.45) is 1.67. The Morgan fingerprint density at radius 2 is 1.74 bits per heavy atom. The molecule has 2 N–H and O–H groups in total. The first-order chi connectivity index (χ1) is 14.8. The maximum Gasteiger partial charge on any atom is 0.326 e. The van der Waals surface area contributed by atoms with Gasteiger partial charge in [-0.3, -0.25) is 10.1 Å². The number of urea groups is 1. The van der Waals surface area contributed by atoms with E-state index in [1.807, 2.05) is 50.2 Å². The maximum absolute atomic E-state index is 11.8. The number of nitrogens with one attached hydrogen (secondary N) is 2. The first-order valence-electron chi connectivity index (χ1n) is 9.52. The fourth-order valence-electron chi connectivity index (χ4n) is 3.46. The van der Waals surface area contributed by atoms with E-state index in [1.165, 1.54) is 0 Å². The zero-order valence-electron chi connectivity index (χ0n) is 16.8. The van der Waals surface area contributed by atoms with Crippen molar-refractivity contribution < 1.29 is 14.3 Å². The summed E-state index contributed by atoms with van der Waals surface area (Å²) in [4.78, 5) is 23.1. The number of rotatable bonds is 5. The predicted molar refractivity (Wildman–Crippen MR) is 121 cm³/mol. The lowest BCUT2D eigenvalue weighted by Crippen LogP contribution is -2.22. The summed E-state index contributed by atoms with van der Waals surface area (Å²) in [7, 11) is 0. The Bertz CT molecular complexity index is 1210. The third kappa shape index (κ3) is 4.45. The summed E-state index contributed by atoms with van der Waals surface area (Å²) in [6.45, 7) is 4.28. The number of ether oxygens (including phenoxy) is 1. The van der Waals surface area contributed by atoms with Gasteiger partial charge in [0.15, 0.2) is 0 Å². The minimum absolute atomic E-state index is 0.231. The summed E-state index contributed by atoms with van der Waals surface area (Å²) in [6, 6.07) is 14.5. The molecular weight excluding hydrogens is 437 g/mol. The Balaban J connectivity index is 1.53. The van der Waals surface area contributed by atoms with Crippen LogP contribution in [0.5, 0.6) is 5.75 Å². The van der Waals surface area contributed by atoms with Crippen LogP contribution >= 0.6 is 23.2 Å². The van der Waals surface area contributed by atoms with Crippen LogP contribution in [0, 0.1) is 13.8 Å². The molecule has 158 valence electrons. The smallest absolute Gasteiger partial charge is 0.326 e. The molecule has 0 spiro atoms. The number of aromatic nitrogens is 1. The number of hydrogen-bond donors (Lipinski definition) is 2. The molecular formula is C23H19Cl2N3O3. The van der Waals surface area contributed by atoms with Gasteiger partial charge in [-0.1, -0.05) is 29.3 Å². The molecule has 0 bridgehead atoms. The van der Waals surface area contributed by atoms with Gasteiger partial charge in [-0.05, 0) is 68.0 Å². The van der Waals surface area contributed by atoms with E-state index < -0.39 is 11.9 Å². The summed E-state index contributed by atoms with van der Waals surface area (Å²) in [5.41, 5.74) is 4.83. The van der Waals surface area contributed by atoms with Crippen LogP contribution in [0.25, 0.3) is 11.8 Å². The molecule has 0 radical (unpaired) electrons. The third-order valence-electron chi connectivity index (χ3n) is 4.99. The number of imide groups is 1. The van der Waals surface area contributed by atoms with Crippen molar-refractivity contribution in [2.45, 2.75) is 20.5 Å². The fourth-order valence-corrected chi connectivity index (χ4v) is 3.92. The molecule has 1 fully saturated rings. The highest BCUT2D eigenvalue weighted by Gasteiger charge is 2.23. The largest absolute Gasteiger partial charge is 0.489 e. The van der Waals surface area contributed by atoms with Crippen molar-refractivity contribution in [3.05, 3.63) is 86.8 Å². The van der Waals surface area contributed by atoms with Gasteiger partial charge in [-0.25, -0.2) is 4.79 Å². The molecule has 8 heteroatoms. The molecule has 0 saturated carbocycles. The minimum Gasteiger partial charge on any atom is -0.489 e. The van der Waals surface area contributed by atoms with E-state index in [0.29, 0.717) is 22.4 Å². The first-order valence-corrected chi connectivity index (χ1v) is 10.3. The second-order valence-electron chi connectivity index (χ2n) is 7.15. The van der Waals surface area contributed by atoms with Gasteiger partial charge >= 0.3 is 6.03 Å². The lowest BCUT2D eigenvalue weighted by Gasteiger charge is -2.12. The molecule has 4 rings (SSSR count). The summed E-state index contributed by atoms with van der Waals surface area (Å²) in [5, 5.41) is 5.86. The highest BCUT2D eigenvalue weighted by Crippen LogP contribution is 2.26. The van der Waals surface area contributed by atoms with Gasteiger partial charge < -0.3 is 14.6 Å². The van der Waals surface area contributed by atoms with Crippen molar-refractivity contribution in [1.82, 2.24) is 15.2 Å². The average Bonchev–Trinajstić information content (AvgIpc) is 3.19. The monoisotopic (exact) mass is 455 g/mol. The highest BCUT2D eigenvalue weighted by atomic mass is 35.5. The van der Waals surface area contributed by atoms with Crippen LogP contribution in [0.1, 0.15) is 22.5 Å². The van der Waals surface area contributed by atoms with Crippen molar-refractivity contribution in [3.63, 3.8) is 0 Å². The number of benzene rings is 2. The molecule has 1 saturated heterocycles. The van der Waals surface area contributed by atoms with Crippen LogP contribution in [0.15, 0.2) is 54.2 Å². The van der Waals surface area contributed by atoms with Crippen LogP contribution in [0.2, 0.25) is 10.0 Å². The molecule has 0 unspecified atom stereocenters. The van der Waals surface area contributed by atoms with Gasteiger partial charge in [-0.15, -0.1) is 0 Å². The molecule has 3 aromatic rings. The van der Waals surface area contributed by atoms with E-state index in [9.17, 15) is 9.59 Å². The van der Waals surface area contributed by atoms with Crippen molar-refractivity contribution in [2.24, 2.45) is 0 Å². The van der Waals surface area contributed by atoms with Crippen molar-refractivity contribution >= 4 is 41.2 Å². The van der Waals surface area contributed by atoms with E-state index in [4.69, 9.17) is 27.9 Å². The number of carbonyl (C=O) groups excluding carboxylic acids is 2. The quantitative estimate of drug-likeness (QED) is 0.412. The predicted octanol–water partition coefficient (Wildman–Crippen LogP) is 5.16. The Labute approximate surface area is 189 Å². The topological polar surface area (TPSA) is 72.4 Å². The van der Waals surface area contributed by atoms with Crippen molar-refractivity contribution in [2.75, 3.05) is 0 Å². The van der Waals surface area contributed by atoms with Crippen LogP contribution in [0.3, 0.4) is 0 Å². The highest BCUT2D eigenvalue weighted by molar-refractivity contribution is 6.35. The lowest BCUT2D eigenvalue weighted by molar-refractivity contribution is -0.115. The number of halogens is 2. The van der Waals surface area contributed by atoms with Crippen LogP contribution in [-0.2, 0) is 11.4 Å². The number of amides is 3. The third-order valence-corrected chi connectivity index (χ3v) is 5.58. The Morgan fingerprint density at radius 3 is 2.39 bits per heavy atom. The molecule has 6 nitrogen and oxygen atoms in total. The number of aryl methyl sites for hydroxylation is 1. The molecule has 1 aliphatic rings. The van der Waals surface area contributed by atoms with Crippen LogP contribution in [0.4, 0.5) is 4.79 Å². The number of hydrogen-bond acceptors (Lipinski definition) is 3. The maximum atomic E-state index is 11.8. The molecule has 2 heterocycles. The lowest BCUT2D eigenvalue weighted by atomic mass is 10.2. The minimum atomic E-state index is -0.513. The first kappa shape index (κ1) is 21.0. The van der Waals surface area contributed by atoms with Crippen LogP contribution in [-0.4, -0.2) is 16.5 Å². The molecule has 1 aliphatic heterocycles. The SMILES string of the molecule is Cc1cc(/C=C2\NC(=O)NC2=O)c(C)n1-c1ccc(OCc2ccc(Cl)cc2Cl)cc1. The summed E-state index contributed by atoms with van der Waals surface area (Å²) < 4.78 is 7.92. The Hall–Kier alpha value is -3.22. The van der Waals surface area contributed by atoms with E-state index in [0.717, 1.165) is 28.2 Å². The number of carbonyl (C=O) groups is 2. The van der Waals surface area contributed by atoms with E-state index >= 15 is 0 Å². The normalized spacial score (nSPS) is 14.6. The van der Waals surface area contributed by atoms with E-state index in [1.54, 1.807) is 18.2 Å². The zero-order valence-corrected chi connectivity index (χ0v) is 18.3. The van der Waals surface area contributed by atoms with Crippen LogP contribution < -0.4 is 15.4 Å². The molecule has 3 amide bonds. The van der Waals surface area contributed by atoms with Crippen molar-refractivity contribution in [1.29, 1.82) is 0 Å². The number of nitrogens with zero attached hydrogens (tertiary/aromatic N) is 1. The van der Waals surface area contributed by atoms with Gasteiger partial charge in [-0.2, -0.15) is 0 Å². The Kier molecular flexibility index (Phi) is 5.76. The van der Waals surface area contributed by atoms with Gasteiger partial charge in [0, 0.05) is 32.7 Å². The van der Waals surface area contributed by atoms with E-state index in [-0.39, 0.29) is 5.70 Å². The average molecular weight is 456 g/mol. The van der Waals surface area contributed by atoms with Gasteiger partial charge in [0.05, 0.1) is 0 Å². The van der Waals surface area contributed by atoms with Crippen molar-refractivity contribution in [3.8, 4) is 11.4 Å². The standard InChI is InChI=1S/C23H19Cl2N3O3/c1-13-9-16(10-21-22(29)27-23(30)26-21)14(2)28(13)18-5-7-19(8-6-18)31-12-15-3-4-17(24)11-20(15)25/h3-11H,12H2,1-2H3,(H2,26,27,29,30)/b21-10-. The molecule has 2 aromatic carbocycles. The molecule has 0 atom stereocenters. The second-order valence-corrected chi connectivity index (χ2v) is 7.99. The zero-order chi connectivity index (χ0) is 22.1. The van der Waals surface area contributed by atoms with Gasteiger partial charge in [0.1, 0.15) is 18.1 Å².